The lowest BCUT2D eigenvalue weighted by molar-refractivity contribution is 0.143. The van der Waals surface area contributed by atoms with E-state index in [0.29, 0.717) is 17.5 Å². The molecule has 0 amide bonds. The molecule has 33 heavy (non-hydrogen) atoms. The predicted octanol–water partition coefficient (Wildman–Crippen LogP) is 2.52. The molecule has 1 atom stereocenters. The van der Waals surface area contributed by atoms with E-state index in [9.17, 15) is 9.32 Å². The van der Waals surface area contributed by atoms with E-state index >= 15 is 0 Å². The summed E-state index contributed by atoms with van der Waals surface area (Å²) in [6.45, 7) is 1.79. The molecule has 2 aromatic rings. The fraction of sp³-hybridized carbons (Fsp3) is 0.667. The summed E-state index contributed by atoms with van der Waals surface area (Å²) >= 11 is 0. The Morgan fingerprint density at radius 2 is 1.88 bits per heavy atom. The number of hydrogen-bond donors (Lipinski definition) is 2. The molecular weight excluding hydrogens is 436 g/mol. The van der Waals surface area contributed by atoms with E-state index in [1.54, 1.807) is 0 Å². The zero-order valence-corrected chi connectivity index (χ0v) is 19.9. The number of aliphatic hydroxyl groups excluding tert-OH is 1. The summed E-state index contributed by atoms with van der Waals surface area (Å²) in [4.78, 5) is 22.4. The van der Waals surface area contributed by atoms with E-state index in [4.69, 9.17) is 15.0 Å². The number of fused-ring (bicyclic) bond motifs is 2. The van der Waals surface area contributed by atoms with E-state index in [1.807, 2.05) is 6.20 Å². The monoisotopic (exact) mass is 468 g/mol. The number of aryl methyl sites for hydroxylation is 3. The van der Waals surface area contributed by atoms with E-state index in [0.717, 1.165) is 93.2 Å². The van der Waals surface area contributed by atoms with Crippen LogP contribution in [0.1, 0.15) is 73.6 Å². The zero-order chi connectivity index (χ0) is 22.4. The summed E-state index contributed by atoms with van der Waals surface area (Å²) in [7, 11) is -1.09. The van der Waals surface area contributed by atoms with Gasteiger partial charge < -0.3 is 15.3 Å². The maximum atomic E-state index is 12.9. The third kappa shape index (κ3) is 3.93. The maximum Gasteiger partial charge on any atom is 0.227 e. The van der Waals surface area contributed by atoms with Gasteiger partial charge in [0.05, 0.1) is 28.6 Å². The summed E-state index contributed by atoms with van der Waals surface area (Å²) in [5, 5.41) is 13.5. The average Bonchev–Trinajstić information content (AvgIpc) is 3.29. The van der Waals surface area contributed by atoms with Gasteiger partial charge in [-0.2, -0.15) is 4.98 Å². The second kappa shape index (κ2) is 8.58. The smallest absolute Gasteiger partial charge is 0.227 e. The second-order valence-electron chi connectivity index (χ2n) is 10.0. The minimum atomic E-state index is -1.09. The van der Waals surface area contributed by atoms with Gasteiger partial charge in [-0.05, 0) is 69.8 Å². The van der Waals surface area contributed by atoms with Crippen LogP contribution in [0.5, 0.6) is 0 Å². The van der Waals surface area contributed by atoms with Gasteiger partial charge in [0.25, 0.3) is 0 Å². The van der Waals surface area contributed by atoms with Gasteiger partial charge in [0.15, 0.2) is 0 Å². The van der Waals surface area contributed by atoms with Crippen molar-refractivity contribution in [1.82, 2.24) is 19.9 Å². The molecule has 2 aromatic heterocycles. The molecule has 2 N–H and O–H groups in total. The van der Waals surface area contributed by atoms with Crippen molar-refractivity contribution in [2.75, 3.05) is 35.7 Å². The largest absolute Gasteiger partial charge is 0.394 e. The van der Waals surface area contributed by atoms with Gasteiger partial charge in [0.1, 0.15) is 16.5 Å². The Bertz CT molecular complexity index is 1080. The molecule has 1 saturated carbocycles. The van der Waals surface area contributed by atoms with Gasteiger partial charge >= 0.3 is 0 Å². The second-order valence-corrected chi connectivity index (χ2v) is 11.5. The van der Waals surface area contributed by atoms with Crippen molar-refractivity contribution in [2.24, 2.45) is 0 Å². The molecule has 6 rings (SSSR count). The van der Waals surface area contributed by atoms with Crippen LogP contribution < -0.4 is 10.2 Å². The molecular formula is C24H32N6O2S. The average molecular weight is 469 g/mol. The molecule has 176 valence electrons. The van der Waals surface area contributed by atoms with Crippen LogP contribution in [0.3, 0.4) is 0 Å². The van der Waals surface area contributed by atoms with Crippen LogP contribution in [-0.2, 0) is 30.1 Å². The number of rotatable bonds is 5. The predicted molar refractivity (Wildman–Crippen MR) is 127 cm³/mol. The highest BCUT2D eigenvalue weighted by Gasteiger charge is 2.39. The Morgan fingerprint density at radius 1 is 1.06 bits per heavy atom. The van der Waals surface area contributed by atoms with Crippen molar-refractivity contribution in [1.29, 1.82) is 0 Å². The number of nitrogens with zero attached hydrogens (tertiary/aromatic N) is 5. The van der Waals surface area contributed by atoms with Crippen molar-refractivity contribution < 1.29 is 9.32 Å². The zero-order valence-electron chi connectivity index (χ0n) is 19.1. The topological polar surface area (TPSA) is 104 Å². The summed E-state index contributed by atoms with van der Waals surface area (Å²) in [5.74, 6) is 3.42. The number of piperidine rings is 1. The fourth-order valence-corrected chi connectivity index (χ4v) is 6.97. The third-order valence-electron chi connectivity index (χ3n) is 7.87. The molecule has 1 saturated heterocycles. The van der Waals surface area contributed by atoms with Crippen molar-refractivity contribution in [3.05, 3.63) is 29.0 Å². The molecule has 2 aliphatic heterocycles. The SMILES string of the molecule is O=S1CCCc2nc(N3CCC(c4ncc5c(n4)CCC5)CC3)nc(NC3(CO)CCC3)c21. The number of anilines is 2. The van der Waals surface area contributed by atoms with Crippen LogP contribution in [0.2, 0.25) is 0 Å². The first-order valence-corrected chi connectivity index (χ1v) is 13.7. The van der Waals surface area contributed by atoms with E-state index < -0.39 is 10.8 Å². The molecule has 2 aliphatic carbocycles. The van der Waals surface area contributed by atoms with Crippen LogP contribution in [0.25, 0.3) is 0 Å². The van der Waals surface area contributed by atoms with Crippen LogP contribution in [-0.4, -0.2) is 60.2 Å². The minimum absolute atomic E-state index is 0.0694. The molecule has 8 nitrogen and oxygen atoms in total. The first kappa shape index (κ1) is 21.4. The molecule has 0 aromatic carbocycles. The first-order valence-electron chi connectivity index (χ1n) is 12.4. The van der Waals surface area contributed by atoms with Gasteiger partial charge in [0, 0.05) is 36.7 Å². The Balaban J connectivity index is 1.23. The van der Waals surface area contributed by atoms with E-state index in [1.165, 1.54) is 17.7 Å². The molecule has 0 radical (unpaired) electrons. The lowest BCUT2D eigenvalue weighted by Crippen LogP contribution is -2.49. The fourth-order valence-electron chi connectivity index (χ4n) is 5.63. The lowest BCUT2D eigenvalue weighted by Gasteiger charge is -2.42. The standard InChI is InChI=1S/C24H32N6O2S/c31-15-24(9-3-10-24)29-22-20-19(6-2-13-33(20)32)27-23(28-22)30-11-7-16(8-12-30)21-25-14-17-4-1-5-18(17)26-21/h14,16,31H,1-13,15H2,(H,27,28,29). The van der Waals surface area contributed by atoms with E-state index in [-0.39, 0.29) is 12.1 Å². The summed E-state index contributed by atoms with van der Waals surface area (Å²) in [5.41, 5.74) is 3.14. The number of hydrogen-bond acceptors (Lipinski definition) is 8. The number of aliphatic hydroxyl groups is 1. The van der Waals surface area contributed by atoms with Gasteiger partial charge in [-0.25, -0.2) is 15.0 Å². The van der Waals surface area contributed by atoms with Crippen LogP contribution >= 0.6 is 0 Å². The van der Waals surface area contributed by atoms with Gasteiger partial charge in [0.2, 0.25) is 5.95 Å². The lowest BCUT2D eigenvalue weighted by atomic mass is 9.77. The highest BCUT2D eigenvalue weighted by atomic mass is 32.2. The van der Waals surface area contributed by atoms with Crippen LogP contribution in [0.4, 0.5) is 11.8 Å². The normalized spacial score (nSPS) is 24.2. The summed E-state index contributed by atoms with van der Waals surface area (Å²) in [6.07, 6.45) is 12.0. The Hall–Kier alpha value is -2.13. The van der Waals surface area contributed by atoms with Crippen molar-refractivity contribution in [2.45, 2.75) is 80.6 Å². The Kier molecular flexibility index (Phi) is 5.57. The minimum Gasteiger partial charge on any atom is -0.394 e. The molecule has 9 heteroatoms. The molecule has 4 heterocycles. The quantitative estimate of drug-likeness (QED) is 0.690. The van der Waals surface area contributed by atoms with Gasteiger partial charge in [-0.3, -0.25) is 4.21 Å². The Morgan fingerprint density at radius 3 is 2.64 bits per heavy atom. The maximum absolute atomic E-state index is 12.9. The molecule has 2 fully saturated rings. The van der Waals surface area contributed by atoms with Gasteiger partial charge in [-0.1, -0.05) is 0 Å². The Labute approximate surface area is 197 Å². The molecule has 0 bridgehead atoms. The van der Waals surface area contributed by atoms with Crippen molar-refractivity contribution >= 4 is 22.6 Å². The van der Waals surface area contributed by atoms with Crippen molar-refractivity contribution in [3.63, 3.8) is 0 Å². The highest BCUT2D eigenvalue weighted by molar-refractivity contribution is 7.85. The molecule has 4 aliphatic rings. The summed E-state index contributed by atoms with van der Waals surface area (Å²) < 4.78 is 12.9. The van der Waals surface area contributed by atoms with Crippen molar-refractivity contribution in [3.8, 4) is 0 Å². The number of nitrogens with one attached hydrogen (secondary N) is 1. The number of aromatic nitrogens is 4. The molecule has 0 spiro atoms. The van der Waals surface area contributed by atoms with Crippen LogP contribution in [0.15, 0.2) is 11.1 Å². The van der Waals surface area contributed by atoms with Gasteiger partial charge in [-0.15, -0.1) is 0 Å². The third-order valence-corrected chi connectivity index (χ3v) is 9.41. The van der Waals surface area contributed by atoms with E-state index in [2.05, 4.69) is 15.2 Å². The first-order chi connectivity index (χ1) is 16.1. The van der Waals surface area contributed by atoms with Crippen LogP contribution in [0, 0.1) is 0 Å². The summed E-state index contributed by atoms with van der Waals surface area (Å²) in [6, 6.07) is 0. The molecule has 1 unspecified atom stereocenters. The highest BCUT2D eigenvalue weighted by Crippen LogP contribution is 2.38.